The van der Waals surface area contributed by atoms with E-state index in [1.54, 1.807) is 6.92 Å². The van der Waals surface area contributed by atoms with Crippen molar-refractivity contribution < 1.29 is 9.59 Å². The molecule has 0 spiro atoms. The van der Waals surface area contributed by atoms with Gasteiger partial charge in [-0.3, -0.25) is 9.59 Å². The Hall–Kier alpha value is -1.84. The van der Waals surface area contributed by atoms with Crippen molar-refractivity contribution in [2.75, 3.05) is 0 Å². The van der Waals surface area contributed by atoms with Crippen molar-refractivity contribution in [3.63, 3.8) is 0 Å². The first kappa shape index (κ1) is 14.1. The third-order valence-corrected chi connectivity index (χ3v) is 4.85. The van der Waals surface area contributed by atoms with Gasteiger partial charge in [0.1, 0.15) is 12.1 Å². The van der Waals surface area contributed by atoms with Crippen LogP contribution in [0.1, 0.15) is 51.1 Å². The Morgan fingerprint density at radius 3 is 2.38 bits per heavy atom. The number of carbonyl (C=O) groups excluding carboxylic acids is 2. The number of hydrogen-bond acceptors (Lipinski definition) is 2. The number of carbonyl (C=O) groups is 2. The highest BCUT2D eigenvalue weighted by Gasteiger charge is 2.49. The smallest absolute Gasteiger partial charge is 0.248 e. The molecule has 3 rings (SSSR count). The average molecular weight is 286 g/mol. The first-order chi connectivity index (χ1) is 10.0. The summed E-state index contributed by atoms with van der Waals surface area (Å²) in [5, 5.41) is 2.82. The minimum absolute atomic E-state index is 0.0350. The van der Waals surface area contributed by atoms with Gasteiger partial charge in [0.25, 0.3) is 0 Å². The van der Waals surface area contributed by atoms with E-state index in [1.807, 2.05) is 35.2 Å². The highest BCUT2D eigenvalue weighted by molar-refractivity contribution is 5.97. The number of amides is 2. The van der Waals surface area contributed by atoms with Crippen molar-refractivity contribution >= 4 is 11.8 Å². The summed E-state index contributed by atoms with van der Waals surface area (Å²) in [5.74, 6) is -0.0331. The second-order valence-corrected chi connectivity index (χ2v) is 6.46. The maximum atomic E-state index is 12.8. The van der Waals surface area contributed by atoms with Crippen molar-refractivity contribution in [3.05, 3.63) is 35.9 Å². The fraction of sp³-hybridized carbons (Fsp3) is 0.529. The Morgan fingerprint density at radius 1 is 1.14 bits per heavy atom. The summed E-state index contributed by atoms with van der Waals surface area (Å²) in [4.78, 5) is 27.2. The SMILES string of the molecule is CC1NC(=O)C(c2ccccc2)N(C2(C)CCCC2)C1=O. The van der Waals surface area contributed by atoms with E-state index >= 15 is 0 Å². The maximum absolute atomic E-state index is 12.8. The van der Waals surface area contributed by atoms with Crippen LogP contribution < -0.4 is 5.32 Å². The largest absolute Gasteiger partial charge is 0.342 e. The lowest BCUT2D eigenvalue weighted by Gasteiger charge is -2.47. The molecule has 0 radical (unpaired) electrons. The van der Waals surface area contributed by atoms with E-state index in [2.05, 4.69) is 12.2 Å². The molecule has 4 nitrogen and oxygen atoms in total. The van der Waals surface area contributed by atoms with Crippen molar-refractivity contribution in [1.82, 2.24) is 10.2 Å². The highest BCUT2D eigenvalue weighted by Crippen LogP contribution is 2.41. The molecule has 0 bridgehead atoms. The molecule has 2 atom stereocenters. The predicted octanol–water partition coefficient (Wildman–Crippen LogP) is 2.41. The second-order valence-electron chi connectivity index (χ2n) is 6.46. The number of rotatable bonds is 2. The van der Waals surface area contributed by atoms with Crippen molar-refractivity contribution in [1.29, 1.82) is 0 Å². The molecular weight excluding hydrogens is 264 g/mol. The lowest BCUT2D eigenvalue weighted by Crippen LogP contribution is -2.64. The van der Waals surface area contributed by atoms with Crippen LogP contribution in [0, 0.1) is 0 Å². The molecule has 1 N–H and O–H groups in total. The average Bonchev–Trinajstić information content (AvgIpc) is 2.91. The van der Waals surface area contributed by atoms with Crippen LogP contribution in [0.2, 0.25) is 0 Å². The third kappa shape index (κ3) is 2.33. The van der Waals surface area contributed by atoms with E-state index in [1.165, 1.54) is 0 Å². The summed E-state index contributed by atoms with van der Waals surface area (Å²) in [6.07, 6.45) is 4.19. The molecule has 1 aliphatic heterocycles. The first-order valence-electron chi connectivity index (χ1n) is 7.71. The van der Waals surface area contributed by atoms with E-state index < -0.39 is 12.1 Å². The van der Waals surface area contributed by atoms with Crippen LogP contribution in [0.3, 0.4) is 0 Å². The van der Waals surface area contributed by atoms with E-state index in [4.69, 9.17) is 0 Å². The van der Waals surface area contributed by atoms with Gasteiger partial charge in [0.05, 0.1) is 0 Å². The molecule has 112 valence electrons. The molecule has 4 heteroatoms. The number of piperazine rings is 1. The van der Waals surface area contributed by atoms with Gasteiger partial charge in [-0.2, -0.15) is 0 Å². The van der Waals surface area contributed by atoms with Crippen molar-refractivity contribution in [3.8, 4) is 0 Å². The van der Waals surface area contributed by atoms with Crippen molar-refractivity contribution in [2.45, 2.75) is 57.2 Å². The highest BCUT2D eigenvalue weighted by atomic mass is 16.2. The first-order valence-corrected chi connectivity index (χ1v) is 7.71. The van der Waals surface area contributed by atoms with Crippen LogP contribution in [0.15, 0.2) is 30.3 Å². The Balaban J connectivity index is 2.05. The molecule has 1 saturated carbocycles. The van der Waals surface area contributed by atoms with Crippen LogP contribution in [0.5, 0.6) is 0 Å². The summed E-state index contributed by atoms with van der Waals surface area (Å²) < 4.78 is 0. The van der Waals surface area contributed by atoms with Gasteiger partial charge in [-0.25, -0.2) is 0 Å². The lowest BCUT2D eigenvalue weighted by molar-refractivity contribution is -0.156. The van der Waals surface area contributed by atoms with Gasteiger partial charge in [-0.05, 0) is 32.3 Å². The molecule has 21 heavy (non-hydrogen) atoms. The van der Waals surface area contributed by atoms with Gasteiger partial charge in [0, 0.05) is 5.54 Å². The summed E-state index contributed by atoms with van der Waals surface area (Å²) >= 11 is 0. The molecule has 1 saturated heterocycles. The Labute approximate surface area is 125 Å². The zero-order valence-corrected chi connectivity index (χ0v) is 12.6. The fourth-order valence-corrected chi connectivity index (χ4v) is 3.70. The number of hydrogen-bond donors (Lipinski definition) is 1. The molecule has 0 aromatic heterocycles. The zero-order valence-electron chi connectivity index (χ0n) is 12.6. The summed E-state index contributed by atoms with van der Waals surface area (Å²) in [5.41, 5.74) is 0.687. The maximum Gasteiger partial charge on any atom is 0.248 e. The third-order valence-electron chi connectivity index (χ3n) is 4.85. The number of nitrogens with zero attached hydrogens (tertiary/aromatic N) is 1. The van der Waals surface area contributed by atoms with E-state index in [0.29, 0.717) is 0 Å². The molecule has 1 aromatic carbocycles. The molecular formula is C17H22N2O2. The quantitative estimate of drug-likeness (QED) is 0.907. The van der Waals surface area contributed by atoms with Crippen LogP contribution in [0.25, 0.3) is 0 Å². The molecule has 1 aliphatic carbocycles. The summed E-state index contributed by atoms with van der Waals surface area (Å²) in [6, 6.07) is 8.68. The van der Waals surface area contributed by atoms with Crippen LogP contribution in [-0.4, -0.2) is 28.3 Å². The topological polar surface area (TPSA) is 49.4 Å². The van der Waals surface area contributed by atoms with E-state index in [9.17, 15) is 9.59 Å². The molecule has 2 amide bonds. The number of nitrogens with one attached hydrogen (secondary N) is 1. The van der Waals surface area contributed by atoms with Crippen LogP contribution in [0.4, 0.5) is 0 Å². The Morgan fingerprint density at radius 2 is 1.76 bits per heavy atom. The van der Waals surface area contributed by atoms with Crippen LogP contribution >= 0.6 is 0 Å². The minimum atomic E-state index is -0.502. The van der Waals surface area contributed by atoms with Gasteiger partial charge >= 0.3 is 0 Å². The van der Waals surface area contributed by atoms with Crippen LogP contribution in [-0.2, 0) is 9.59 Å². The van der Waals surface area contributed by atoms with Gasteiger partial charge in [-0.1, -0.05) is 43.2 Å². The summed E-state index contributed by atoms with van der Waals surface area (Å²) in [7, 11) is 0. The van der Waals surface area contributed by atoms with Gasteiger partial charge < -0.3 is 10.2 Å². The molecule has 2 unspecified atom stereocenters. The van der Waals surface area contributed by atoms with Gasteiger partial charge in [0.15, 0.2) is 0 Å². The summed E-state index contributed by atoms with van der Waals surface area (Å²) in [6.45, 7) is 3.89. The predicted molar refractivity (Wildman–Crippen MR) is 80.5 cm³/mol. The Bertz CT molecular complexity index is 549. The molecule has 2 fully saturated rings. The Kier molecular flexibility index (Phi) is 3.47. The lowest BCUT2D eigenvalue weighted by atomic mass is 9.89. The monoisotopic (exact) mass is 286 g/mol. The zero-order chi connectivity index (χ0) is 15.0. The second kappa shape index (κ2) is 5.17. The van der Waals surface area contributed by atoms with Gasteiger partial charge in [-0.15, -0.1) is 0 Å². The standard InChI is InChI=1S/C17H22N2O2/c1-12-16(21)19(17(2)10-6-7-11-17)14(15(20)18-12)13-8-4-3-5-9-13/h3-5,8-9,12,14H,6-7,10-11H2,1-2H3,(H,18,20). The fourth-order valence-electron chi connectivity index (χ4n) is 3.70. The van der Waals surface area contributed by atoms with Gasteiger partial charge in [0.2, 0.25) is 11.8 Å². The van der Waals surface area contributed by atoms with E-state index in [0.717, 1.165) is 31.2 Å². The normalized spacial score (nSPS) is 28.6. The molecule has 2 aliphatic rings. The minimum Gasteiger partial charge on any atom is -0.342 e. The number of benzene rings is 1. The molecule has 1 aromatic rings. The van der Waals surface area contributed by atoms with E-state index in [-0.39, 0.29) is 17.4 Å². The molecule has 1 heterocycles. The van der Waals surface area contributed by atoms with Crippen molar-refractivity contribution in [2.24, 2.45) is 0 Å².